The third-order valence-corrected chi connectivity index (χ3v) is 7.59. The maximum Gasteiger partial charge on any atom is 0.107 e. The van der Waals surface area contributed by atoms with Gasteiger partial charge in [0.05, 0.1) is 19.9 Å². The van der Waals surface area contributed by atoms with Crippen molar-refractivity contribution < 1.29 is 14.6 Å². The Labute approximate surface area is 226 Å². The molecule has 0 saturated carbocycles. The van der Waals surface area contributed by atoms with Crippen LogP contribution >= 0.6 is 0 Å². The zero-order valence-corrected chi connectivity index (χ0v) is 24.5. The van der Waals surface area contributed by atoms with Crippen molar-refractivity contribution in [3.8, 4) is 0 Å². The highest BCUT2D eigenvalue weighted by Gasteiger charge is 2.32. The van der Waals surface area contributed by atoms with E-state index in [4.69, 9.17) is 9.47 Å². The standard InChI is InChI=1S/C33H51NO3/c1-10-12-18-29(26-16-14-13-15-17-26)32(35)28(11-2)30(19-27(21-36-9)33(6,7)8)25(5)20-34-23-37-22-31(34)24(3)4/h10-17,19,24-25,27,29,31,35H,2,18,20-23H2,1,3-9H3/b12-10+,30-19+,32-28-/t25?,27?,29?,31-/m0/s1. The van der Waals surface area contributed by atoms with Crippen LogP contribution in [0, 0.1) is 23.2 Å². The van der Waals surface area contributed by atoms with E-state index in [2.05, 4.69) is 77.3 Å². The third-order valence-electron chi connectivity index (χ3n) is 7.59. The molecule has 206 valence electrons. The van der Waals surface area contributed by atoms with E-state index >= 15 is 0 Å². The average Bonchev–Trinajstić information content (AvgIpc) is 3.32. The number of methoxy groups -OCH3 is 1. The van der Waals surface area contributed by atoms with E-state index in [1.54, 1.807) is 7.11 Å². The molecule has 0 aromatic heterocycles. The van der Waals surface area contributed by atoms with Crippen molar-refractivity contribution in [2.75, 3.05) is 33.6 Å². The van der Waals surface area contributed by atoms with Gasteiger partial charge in [-0.1, -0.05) is 103 Å². The van der Waals surface area contributed by atoms with Crippen molar-refractivity contribution in [2.24, 2.45) is 23.2 Å². The lowest BCUT2D eigenvalue weighted by molar-refractivity contribution is 0.115. The molecular weight excluding hydrogens is 458 g/mol. The van der Waals surface area contributed by atoms with Crippen molar-refractivity contribution >= 4 is 0 Å². The SMILES string of the molecule is C=CC(=C(/O)C(C/C=C/C)c1ccccc1)/C(=C/C(COC)C(C)(C)C)C(C)CN1COC[C@H]1C(C)C. The van der Waals surface area contributed by atoms with Gasteiger partial charge in [-0.15, -0.1) is 0 Å². The van der Waals surface area contributed by atoms with Crippen LogP contribution in [0.3, 0.4) is 0 Å². The highest BCUT2D eigenvalue weighted by atomic mass is 16.5. The molecule has 1 aliphatic heterocycles. The molecule has 4 atom stereocenters. The fourth-order valence-electron chi connectivity index (χ4n) is 5.13. The van der Waals surface area contributed by atoms with Crippen molar-refractivity contribution in [1.29, 1.82) is 0 Å². The fourth-order valence-corrected chi connectivity index (χ4v) is 5.13. The molecule has 2 rings (SSSR count). The highest BCUT2D eigenvalue weighted by Crippen LogP contribution is 2.37. The van der Waals surface area contributed by atoms with E-state index in [1.807, 2.05) is 37.3 Å². The van der Waals surface area contributed by atoms with Gasteiger partial charge in [0.15, 0.2) is 0 Å². The van der Waals surface area contributed by atoms with Gasteiger partial charge in [0.25, 0.3) is 0 Å². The monoisotopic (exact) mass is 509 g/mol. The molecule has 4 nitrogen and oxygen atoms in total. The largest absolute Gasteiger partial charge is 0.511 e. The van der Waals surface area contributed by atoms with Gasteiger partial charge in [-0.25, -0.2) is 0 Å². The Kier molecular flexibility index (Phi) is 12.4. The summed E-state index contributed by atoms with van der Waals surface area (Å²) in [6.07, 6.45) is 9.07. The molecule has 3 unspecified atom stereocenters. The number of ether oxygens (including phenoxy) is 2. The zero-order valence-electron chi connectivity index (χ0n) is 24.5. The van der Waals surface area contributed by atoms with Crippen molar-refractivity contribution in [3.05, 3.63) is 83.7 Å². The number of benzene rings is 1. The molecule has 1 aliphatic rings. The van der Waals surface area contributed by atoms with Gasteiger partial charge in [0, 0.05) is 37.1 Å². The number of allylic oxidation sites excluding steroid dienone is 5. The highest BCUT2D eigenvalue weighted by molar-refractivity contribution is 5.46. The Hall–Kier alpha value is -2.14. The van der Waals surface area contributed by atoms with Gasteiger partial charge in [-0.2, -0.15) is 0 Å². The van der Waals surface area contributed by atoms with Crippen LogP contribution in [0.4, 0.5) is 0 Å². The molecule has 0 amide bonds. The first kappa shape index (κ1) is 31.1. The lowest BCUT2D eigenvalue weighted by atomic mass is 9.77. The minimum Gasteiger partial charge on any atom is -0.511 e. The van der Waals surface area contributed by atoms with Crippen molar-refractivity contribution in [2.45, 2.75) is 66.8 Å². The average molecular weight is 510 g/mol. The van der Waals surface area contributed by atoms with E-state index < -0.39 is 0 Å². The van der Waals surface area contributed by atoms with Crippen LogP contribution in [0.15, 0.2) is 78.1 Å². The molecule has 1 aromatic carbocycles. The summed E-state index contributed by atoms with van der Waals surface area (Å²) in [5.74, 6) is 1.09. The first-order valence-electron chi connectivity index (χ1n) is 13.8. The summed E-state index contributed by atoms with van der Waals surface area (Å²) >= 11 is 0. The maximum absolute atomic E-state index is 11.9. The van der Waals surface area contributed by atoms with E-state index in [9.17, 15) is 5.11 Å². The summed E-state index contributed by atoms with van der Waals surface area (Å²) < 4.78 is 11.5. The predicted molar refractivity (Wildman–Crippen MR) is 157 cm³/mol. The van der Waals surface area contributed by atoms with Gasteiger partial charge in [0.2, 0.25) is 0 Å². The van der Waals surface area contributed by atoms with Crippen molar-refractivity contribution in [1.82, 2.24) is 4.90 Å². The van der Waals surface area contributed by atoms with E-state index in [0.29, 0.717) is 31.1 Å². The van der Waals surface area contributed by atoms with Crippen LogP contribution in [0.1, 0.15) is 66.4 Å². The third kappa shape index (κ3) is 8.70. The number of hydrogen-bond acceptors (Lipinski definition) is 4. The van der Waals surface area contributed by atoms with Gasteiger partial charge >= 0.3 is 0 Å². The van der Waals surface area contributed by atoms with Crippen LogP contribution in [-0.4, -0.2) is 49.6 Å². The van der Waals surface area contributed by atoms with Crippen LogP contribution in [0.25, 0.3) is 0 Å². The molecule has 1 fully saturated rings. The molecule has 1 saturated heterocycles. The smallest absolute Gasteiger partial charge is 0.107 e. The zero-order chi connectivity index (χ0) is 27.6. The molecule has 1 aromatic rings. The maximum atomic E-state index is 11.9. The Morgan fingerprint density at radius 3 is 2.43 bits per heavy atom. The molecule has 0 spiro atoms. The van der Waals surface area contributed by atoms with Crippen LogP contribution in [0.5, 0.6) is 0 Å². The first-order valence-corrected chi connectivity index (χ1v) is 13.8. The molecule has 1 heterocycles. The number of rotatable bonds is 13. The Morgan fingerprint density at radius 2 is 1.89 bits per heavy atom. The minimum absolute atomic E-state index is 0.00385. The van der Waals surface area contributed by atoms with Crippen LogP contribution < -0.4 is 0 Å². The topological polar surface area (TPSA) is 41.9 Å². The number of hydrogen-bond donors (Lipinski definition) is 1. The van der Waals surface area contributed by atoms with Crippen LogP contribution in [-0.2, 0) is 9.47 Å². The van der Waals surface area contributed by atoms with Gasteiger partial charge in [-0.3, -0.25) is 4.90 Å². The van der Waals surface area contributed by atoms with Crippen LogP contribution in [0.2, 0.25) is 0 Å². The second-order valence-electron chi connectivity index (χ2n) is 11.8. The van der Waals surface area contributed by atoms with E-state index in [0.717, 1.165) is 36.3 Å². The molecule has 0 aliphatic carbocycles. The second kappa shape index (κ2) is 14.7. The summed E-state index contributed by atoms with van der Waals surface area (Å²) in [5, 5.41) is 11.9. The number of nitrogens with zero attached hydrogens (tertiary/aromatic N) is 1. The van der Waals surface area contributed by atoms with E-state index in [-0.39, 0.29) is 23.2 Å². The molecular formula is C33H51NO3. The second-order valence-corrected chi connectivity index (χ2v) is 11.8. The normalized spacial score (nSPS) is 20.8. The molecule has 0 radical (unpaired) electrons. The Balaban J connectivity index is 2.64. The van der Waals surface area contributed by atoms with Gasteiger partial charge in [0.1, 0.15) is 5.76 Å². The summed E-state index contributed by atoms with van der Waals surface area (Å²) in [6.45, 7) is 22.6. The molecule has 37 heavy (non-hydrogen) atoms. The minimum atomic E-state index is -0.143. The van der Waals surface area contributed by atoms with Gasteiger partial charge < -0.3 is 14.6 Å². The predicted octanol–water partition coefficient (Wildman–Crippen LogP) is 7.92. The lowest BCUT2D eigenvalue weighted by Gasteiger charge is -2.33. The molecule has 1 N–H and O–H groups in total. The lowest BCUT2D eigenvalue weighted by Crippen LogP contribution is -2.38. The Morgan fingerprint density at radius 1 is 1.22 bits per heavy atom. The summed E-state index contributed by atoms with van der Waals surface area (Å²) in [4.78, 5) is 2.44. The van der Waals surface area contributed by atoms with E-state index in [1.165, 1.54) is 0 Å². The fraction of sp³-hybridized carbons (Fsp3) is 0.576. The summed E-state index contributed by atoms with van der Waals surface area (Å²) in [6, 6.07) is 10.7. The number of aliphatic hydroxyl groups excluding tert-OH is 1. The summed E-state index contributed by atoms with van der Waals surface area (Å²) in [5.41, 5.74) is 3.06. The molecule has 4 heteroatoms. The van der Waals surface area contributed by atoms with Gasteiger partial charge in [-0.05, 0) is 41.7 Å². The number of aliphatic hydroxyl groups is 1. The summed E-state index contributed by atoms with van der Waals surface area (Å²) in [7, 11) is 1.76. The Bertz CT molecular complexity index is 923. The molecule has 0 bridgehead atoms. The quantitative estimate of drug-likeness (QED) is 0.167. The first-order chi connectivity index (χ1) is 17.5. The van der Waals surface area contributed by atoms with Crippen molar-refractivity contribution in [3.63, 3.8) is 0 Å².